The van der Waals surface area contributed by atoms with Gasteiger partial charge in [-0.15, -0.1) is 10.2 Å². The molecule has 23 heavy (non-hydrogen) atoms. The van der Waals surface area contributed by atoms with Crippen LogP contribution in [0.4, 0.5) is 5.69 Å². The van der Waals surface area contributed by atoms with E-state index >= 15 is 0 Å². The van der Waals surface area contributed by atoms with Gasteiger partial charge < -0.3 is 5.32 Å². The molecule has 0 saturated heterocycles. The van der Waals surface area contributed by atoms with Crippen molar-refractivity contribution in [3.05, 3.63) is 52.6 Å². The van der Waals surface area contributed by atoms with Crippen LogP contribution < -0.4 is 5.32 Å². The topological polar surface area (TPSA) is 59.3 Å². The van der Waals surface area contributed by atoms with Crippen molar-refractivity contribution in [3.63, 3.8) is 0 Å². The minimum absolute atomic E-state index is 0.174. The molecule has 0 bridgehead atoms. The van der Waals surface area contributed by atoms with Crippen LogP contribution >= 0.6 is 35.0 Å². The number of fused-ring (bicyclic) bond motifs is 1. The fourth-order valence-corrected chi connectivity index (χ4v) is 3.23. The van der Waals surface area contributed by atoms with Crippen molar-refractivity contribution in [2.75, 3.05) is 5.32 Å². The van der Waals surface area contributed by atoms with Crippen molar-refractivity contribution in [2.45, 2.75) is 17.3 Å². The van der Waals surface area contributed by atoms with Gasteiger partial charge >= 0.3 is 0 Å². The molecule has 0 spiro atoms. The van der Waals surface area contributed by atoms with E-state index in [-0.39, 0.29) is 11.2 Å². The summed E-state index contributed by atoms with van der Waals surface area (Å²) in [6.07, 6.45) is 1.86. The van der Waals surface area contributed by atoms with Gasteiger partial charge in [-0.05, 0) is 37.3 Å². The lowest BCUT2D eigenvalue weighted by molar-refractivity contribution is -0.115. The summed E-state index contributed by atoms with van der Waals surface area (Å²) in [4.78, 5) is 12.3. The van der Waals surface area contributed by atoms with Crippen LogP contribution in [0.15, 0.2) is 47.8 Å². The number of carbonyl (C=O) groups is 1. The highest BCUT2D eigenvalue weighted by Gasteiger charge is 2.18. The van der Waals surface area contributed by atoms with E-state index in [1.54, 1.807) is 25.1 Å². The fraction of sp³-hybridized carbons (Fsp3) is 0.133. The maximum atomic E-state index is 12.3. The van der Waals surface area contributed by atoms with E-state index in [9.17, 15) is 4.79 Å². The van der Waals surface area contributed by atoms with Gasteiger partial charge in [0, 0.05) is 11.2 Å². The van der Waals surface area contributed by atoms with Crippen LogP contribution in [0.25, 0.3) is 5.65 Å². The highest BCUT2D eigenvalue weighted by molar-refractivity contribution is 8.00. The summed E-state index contributed by atoms with van der Waals surface area (Å²) in [7, 11) is 0. The summed E-state index contributed by atoms with van der Waals surface area (Å²) in [5, 5.41) is 12.2. The summed E-state index contributed by atoms with van der Waals surface area (Å²) in [6, 6.07) is 10.6. The SMILES string of the molecule is C[C@H](Sc1nnc2ccccn12)C(=O)Nc1ccc(Cl)cc1Cl. The first-order chi connectivity index (χ1) is 11.0. The Balaban J connectivity index is 1.72. The predicted octanol–water partition coefficient (Wildman–Crippen LogP) is 4.16. The highest BCUT2D eigenvalue weighted by Crippen LogP contribution is 2.27. The predicted molar refractivity (Wildman–Crippen MR) is 93.4 cm³/mol. The zero-order valence-corrected chi connectivity index (χ0v) is 14.4. The van der Waals surface area contributed by atoms with E-state index in [4.69, 9.17) is 23.2 Å². The van der Waals surface area contributed by atoms with Gasteiger partial charge in [-0.3, -0.25) is 9.20 Å². The second kappa shape index (κ2) is 6.78. The van der Waals surface area contributed by atoms with Crippen molar-refractivity contribution < 1.29 is 4.79 Å². The molecule has 3 rings (SSSR count). The Bertz CT molecular complexity index is 868. The van der Waals surface area contributed by atoms with Gasteiger partial charge in [0.1, 0.15) is 0 Å². The zero-order chi connectivity index (χ0) is 16.4. The van der Waals surface area contributed by atoms with E-state index in [0.29, 0.717) is 20.9 Å². The lowest BCUT2D eigenvalue weighted by atomic mass is 10.3. The Kier molecular flexibility index (Phi) is 4.75. The molecular weight excluding hydrogens is 355 g/mol. The molecule has 0 radical (unpaired) electrons. The second-order valence-corrected chi connectivity index (χ2v) is 6.94. The quantitative estimate of drug-likeness (QED) is 0.704. The third-order valence-electron chi connectivity index (χ3n) is 3.12. The first kappa shape index (κ1) is 16.1. The standard InChI is InChI=1S/C15H12Cl2N4OS/c1-9(14(22)18-12-6-5-10(16)8-11(12)17)23-15-20-19-13-4-2-3-7-21(13)15/h2-9H,1H3,(H,18,22)/t9-/m0/s1. The monoisotopic (exact) mass is 366 g/mol. The first-order valence-electron chi connectivity index (χ1n) is 6.77. The molecule has 5 nitrogen and oxygen atoms in total. The minimum atomic E-state index is -0.366. The Morgan fingerprint density at radius 2 is 2.09 bits per heavy atom. The van der Waals surface area contributed by atoms with Crippen molar-refractivity contribution in [3.8, 4) is 0 Å². The molecule has 1 aromatic carbocycles. The molecule has 3 aromatic rings. The number of hydrogen-bond acceptors (Lipinski definition) is 4. The zero-order valence-electron chi connectivity index (χ0n) is 12.0. The van der Waals surface area contributed by atoms with E-state index in [1.807, 2.05) is 28.8 Å². The number of halogens is 2. The third-order valence-corrected chi connectivity index (χ3v) is 4.73. The number of aromatic nitrogens is 3. The molecule has 2 aromatic heterocycles. The van der Waals surface area contributed by atoms with Crippen molar-refractivity contribution in [2.24, 2.45) is 0 Å². The number of pyridine rings is 1. The molecule has 0 saturated carbocycles. The van der Waals surface area contributed by atoms with Gasteiger partial charge in [0.15, 0.2) is 10.8 Å². The van der Waals surface area contributed by atoms with Crippen LogP contribution in [0.2, 0.25) is 10.0 Å². The summed E-state index contributed by atoms with van der Waals surface area (Å²) in [5.41, 5.74) is 1.27. The van der Waals surface area contributed by atoms with Gasteiger partial charge in [0.25, 0.3) is 0 Å². The number of carbonyl (C=O) groups excluding carboxylic acids is 1. The van der Waals surface area contributed by atoms with E-state index < -0.39 is 0 Å². The van der Waals surface area contributed by atoms with Crippen molar-refractivity contribution in [1.29, 1.82) is 0 Å². The fourth-order valence-electron chi connectivity index (χ4n) is 1.94. The minimum Gasteiger partial charge on any atom is -0.324 e. The Labute approximate surface area is 147 Å². The van der Waals surface area contributed by atoms with E-state index in [1.165, 1.54) is 11.8 Å². The summed E-state index contributed by atoms with van der Waals surface area (Å²) in [5.74, 6) is -0.174. The average Bonchev–Trinajstić information content (AvgIpc) is 2.93. The largest absolute Gasteiger partial charge is 0.324 e. The van der Waals surface area contributed by atoms with Crippen LogP contribution in [0, 0.1) is 0 Å². The molecule has 2 heterocycles. The molecule has 0 aliphatic rings. The van der Waals surface area contributed by atoms with Crippen molar-refractivity contribution >= 4 is 52.2 Å². The summed E-state index contributed by atoms with van der Waals surface area (Å²) in [6.45, 7) is 1.80. The average molecular weight is 367 g/mol. The molecule has 1 amide bonds. The number of rotatable bonds is 4. The smallest absolute Gasteiger partial charge is 0.237 e. The third kappa shape index (κ3) is 3.60. The Morgan fingerprint density at radius 3 is 2.87 bits per heavy atom. The molecule has 0 aliphatic carbocycles. The molecular formula is C15H12Cl2N4OS. The maximum absolute atomic E-state index is 12.3. The molecule has 118 valence electrons. The molecule has 0 fully saturated rings. The lowest BCUT2D eigenvalue weighted by Gasteiger charge is -2.12. The Hall–Kier alpha value is -1.76. The lowest BCUT2D eigenvalue weighted by Crippen LogP contribution is -2.22. The van der Waals surface area contributed by atoms with Crippen molar-refractivity contribution in [1.82, 2.24) is 14.6 Å². The van der Waals surface area contributed by atoms with Gasteiger partial charge in [-0.2, -0.15) is 0 Å². The summed E-state index contributed by atoms with van der Waals surface area (Å²) >= 11 is 13.2. The number of benzene rings is 1. The number of amides is 1. The molecule has 0 aliphatic heterocycles. The van der Waals surface area contributed by atoms with E-state index in [0.717, 1.165) is 5.65 Å². The van der Waals surface area contributed by atoms with Crippen LogP contribution in [0.3, 0.4) is 0 Å². The first-order valence-corrected chi connectivity index (χ1v) is 8.40. The van der Waals surface area contributed by atoms with Gasteiger partial charge in [0.05, 0.1) is 16.0 Å². The molecule has 0 unspecified atom stereocenters. The number of nitrogens with zero attached hydrogens (tertiary/aromatic N) is 3. The molecule has 1 atom stereocenters. The molecule has 8 heteroatoms. The molecule has 1 N–H and O–H groups in total. The van der Waals surface area contributed by atoms with Gasteiger partial charge in [-0.1, -0.05) is 41.0 Å². The van der Waals surface area contributed by atoms with Crippen LogP contribution in [0.1, 0.15) is 6.92 Å². The number of anilines is 1. The van der Waals surface area contributed by atoms with Crippen LogP contribution in [-0.4, -0.2) is 25.8 Å². The number of thioether (sulfide) groups is 1. The summed E-state index contributed by atoms with van der Waals surface area (Å²) < 4.78 is 1.84. The van der Waals surface area contributed by atoms with Crippen LogP contribution in [0.5, 0.6) is 0 Å². The van der Waals surface area contributed by atoms with Gasteiger partial charge in [-0.25, -0.2) is 0 Å². The normalized spacial score (nSPS) is 12.3. The van der Waals surface area contributed by atoms with Gasteiger partial charge in [0.2, 0.25) is 5.91 Å². The maximum Gasteiger partial charge on any atom is 0.237 e. The second-order valence-electron chi connectivity index (χ2n) is 4.78. The van der Waals surface area contributed by atoms with Crippen LogP contribution in [-0.2, 0) is 4.79 Å². The highest BCUT2D eigenvalue weighted by atomic mass is 35.5. The number of hydrogen-bond donors (Lipinski definition) is 1. The Morgan fingerprint density at radius 1 is 1.26 bits per heavy atom. The van der Waals surface area contributed by atoms with E-state index in [2.05, 4.69) is 15.5 Å². The number of nitrogens with one attached hydrogen (secondary N) is 1.